The predicted octanol–water partition coefficient (Wildman–Crippen LogP) is 1.46. The number of hydrogen-bond acceptors (Lipinski definition) is 3. The van der Waals surface area contributed by atoms with Gasteiger partial charge in [0.2, 0.25) is 5.91 Å². The van der Waals surface area contributed by atoms with Crippen LogP contribution in [0.25, 0.3) is 0 Å². The van der Waals surface area contributed by atoms with Crippen LogP contribution in [0.15, 0.2) is 17.5 Å². The number of hydrogen-bond donors (Lipinski definition) is 1. The van der Waals surface area contributed by atoms with Gasteiger partial charge < -0.3 is 10.2 Å². The summed E-state index contributed by atoms with van der Waals surface area (Å²) < 4.78 is 0. The Morgan fingerprint density at radius 2 is 2.27 bits per heavy atom. The molecule has 1 aliphatic heterocycles. The van der Waals surface area contributed by atoms with Crippen molar-refractivity contribution in [3.8, 4) is 0 Å². The van der Waals surface area contributed by atoms with Crippen molar-refractivity contribution in [3.05, 3.63) is 22.4 Å². The van der Waals surface area contributed by atoms with E-state index in [1.54, 1.807) is 11.3 Å². The number of amides is 1. The maximum Gasteiger partial charge on any atom is 0.236 e. The van der Waals surface area contributed by atoms with Gasteiger partial charge >= 0.3 is 0 Å². The van der Waals surface area contributed by atoms with Gasteiger partial charge in [-0.15, -0.1) is 11.3 Å². The summed E-state index contributed by atoms with van der Waals surface area (Å²) in [6.45, 7) is 3.16. The van der Waals surface area contributed by atoms with E-state index in [9.17, 15) is 4.79 Å². The SMILES string of the molecule is O=C(CNCc1cccs1)N1CCCC1. The minimum Gasteiger partial charge on any atom is -0.342 e. The van der Waals surface area contributed by atoms with Crippen molar-refractivity contribution in [1.29, 1.82) is 0 Å². The van der Waals surface area contributed by atoms with Gasteiger partial charge in [0.15, 0.2) is 0 Å². The molecule has 0 unspecified atom stereocenters. The third-order valence-corrected chi connectivity index (χ3v) is 3.49. The van der Waals surface area contributed by atoms with Crippen LogP contribution in [0.5, 0.6) is 0 Å². The molecule has 1 fully saturated rings. The lowest BCUT2D eigenvalue weighted by molar-refractivity contribution is -0.129. The maximum absolute atomic E-state index is 11.6. The van der Waals surface area contributed by atoms with Crippen LogP contribution in [0, 0.1) is 0 Å². The second-order valence-corrected chi connectivity index (χ2v) is 4.80. The van der Waals surface area contributed by atoms with E-state index < -0.39 is 0 Å². The molecule has 1 aliphatic rings. The molecule has 0 spiro atoms. The molecule has 1 aromatic rings. The number of likely N-dealkylation sites (tertiary alicyclic amines) is 1. The lowest BCUT2D eigenvalue weighted by Crippen LogP contribution is -2.35. The van der Waals surface area contributed by atoms with Crippen LogP contribution in [0.3, 0.4) is 0 Å². The van der Waals surface area contributed by atoms with E-state index >= 15 is 0 Å². The fraction of sp³-hybridized carbons (Fsp3) is 0.545. The summed E-state index contributed by atoms with van der Waals surface area (Å²) in [5.41, 5.74) is 0. The average Bonchev–Trinajstić information content (AvgIpc) is 2.90. The summed E-state index contributed by atoms with van der Waals surface area (Å²) in [6, 6.07) is 4.11. The fourth-order valence-electron chi connectivity index (χ4n) is 1.78. The Bertz CT molecular complexity index is 304. The number of rotatable bonds is 4. The van der Waals surface area contributed by atoms with E-state index in [1.807, 2.05) is 11.0 Å². The van der Waals surface area contributed by atoms with Crippen LogP contribution in [0.4, 0.5) is 0 Å². The topological polar surface area (TPSA) is 32.3 Å². The molecule has 2 heterocycles. The molecule has 82 valence electrons. The second kappa shape index (κ2) is 5.28. The Kier molecular flexibility index (Phi) is 3.75. The minimum absolute atomic E-state index is 0.240. The fourth-order valence-corrected chi connectivity index (χ4v) is 2.46. The molecule has 1 N–H and O–H groups in total. The molecule has 0 aromatic carbocycles. The van der Waals surface area contributed by atoms with Crippen molar-refractivity contribution in [3.63, 3.8) is 0 Å². The van der Waals surface area contributed by atoms with Crippen molar-refractivity contribution in [2.45, 2.75) is 19.4 Å². The van der Waals surface area contributed by atoms with Gasteiger partial charge in [0.05, 0.1) is 6.54 Å². The first-order chi connectivity index (χ1) is 7.36. The van der Waals surface area contributed by atoms with E-state index in [-0.39, 0.29) is 5.91 Å². The Morgan fingerprint density at radius 3 is 2.93 bits per heavy atom. The Labute approximate surface area is 94.1 Å². The molecular formula is C11H16N2OS. The Morgan fingerprint density at radius 1 is 1.47 bits per heavy atom. The van der Waals surface area contributed by atoms with E-state index in [4.69, 9.17) is 0 Å². The molecule has 0 radical (unpaired) electrons. The zero-order valence-corrected chi connectivity index (χ0v) is 9.55. The average molecular weight is 224 g/mol. The highest BCUT2D eigenvalue weighted by molar-refractivity contribution is 7.09. The number of carbonyl (C=O) groups excluding carboxylic acids is 1. The largest absolute Gasteiger partial charge is 0.342 e. The maximum atomic E-state index is 11.6. The molecule has 1 saturated heterocycles. The lowest BCUT2D eigenvalue weighted by Gasteiger charge is -2.15. The number of carbonyl (C=O) groups is 1. The first-order valence-corrected chi connectivity index (χ1v) is 6.25. The van der Waals surface area contributed by atoms with Crippen LogP contribution in [-0.2, 0) is 11.3 Å². The summed E-state index contributed by atoms with van der Waals surface area (Å²) >= 11 is 1.72. The normalized spacial score (nSPS) is 15.9. The van der Waals surface area contributed by atoms with Crippen molar-refractivity contribution in [2.24, 2.45) is 0 Å². The Balaban J connectivity index is 1.67. The summed E-state index contributed by atoms with van der Waals surface area (Å²) in [5.74, 6) is 0.240. The van der Waals surface area contributed by atoms with Gasteiger partial charge in [-0.3, -0.25) is 4.79 Å². The summed E-state index contributed by atoms with van der Waals surface area (Å²) in [4.78, 5) is 14.9. The molecule has 0 aliphatic carbocycles. The number of nitrogens with zero attached hydrogens (tertiary/aromatic N) is 1. The third kappa shape index (κ3) is 3.04. The zero-order valence-electron chi connectivity index (χ0n) is 8.74. The van der Waals surface area contributed by atoms with Crippen molar-refractivity contribution in [1.82, 2.24) is 10.2 Å². The molecule has 1 amide bonds. The van der Waals surface area contributed by atoms with Crippen LogP contribution >= 0.6 is 11.3 Å². The van der Waals surface area contributed by atoms with Crippen molar-refractivity contribution in [2.75, 3.05) is 19.6 Å². The highest BCUT2D eigenvalue weighted by Crippen LogP contribution is 2.08. The molecule has 4 heteroatoms. The molecule has 0 bridgehead atoms. The molecule has 15 heavy (non-hydrogen) atoms. The van der Waals surface area contributed by atoms with Crippen LogP contribution in [-0.4, -0.2) is 30.4 Å². The van der Waals surface area contributed by atoms with Gasteiger partial charge in [-0.05, 0) is 24.3 Å². The monoisotopic (exact) mass is 224 g/mol. The Hall–Kier alpha value is -0.870. The third-order valence-electron chi connectivity index (χ3n) is 2.61. The number of nitrogens with one attached hydrogen (secondary N) is 1. The van der Waals surface area contributed by atoms with Crippen LogP contribution in [0.1, 0.15) is 17.7 Å². The van der Waals surface area contributed by atoms with Gasteiger partial charge in [-0.2, -0.15) is 0 Å². The first-order valence-electron chi connectivity index (χ1n) is 5.37. The van der Waals surface area contributed by atoms with E-state index in [1.165, 1.54) is 4.88 Å². The van der Waals surface area contributed by atoms with Crippen LogP contribution in [0.2, 0.25) is 0 Å². The van der Waals surface area contributed by atoms with Gasteiger partial charge in [0, 0.05) is 24.5 Å². The quantitative estimate of drug-likeness (QED) is 0.839. The van der Waals surface area contributed by atoms with Gasteiger partial charge in [-0.25, -0.2) is 0 Å². The smallest absolute Gasteiger partial charge is 0.236 e. The second-order valence-electron chi connectivity index (χ2n) is 3.77. The summed E-state index contributed by atoms with van der Waals surface area (Å²) in [7, 11) is 0. The first kappa shape index (κ1) is 10.6. The highest BCUT2D eigenvalue weighted by Gasteiger charge is 2.16. The summed E-state index contributed by atoms with van der Waals surface area (Å²) in [6.07, 6.45) is 2.33. The zero-order chi connectivity index (χ0) is 10.5. The molecule has 0 saturated carbocycles. The lowest BCUT2D eigenvalue weighted by atomic mass is 10.4. The van der Waals surface area contributed by atoms with Gasteiger partial charge in [0.25, 0.3) is 0 Å². The van der Waals surface area contributed by atoms with Gasteiger partial charge in [0.1, 0.15) is 0 Å². The van der Waals surface area contributed by atoms with E-state index in [0.29, 0.717) is 6.54 Å². The van der Waals surface area contributed by atoms with Crippen molar-refractivity contribution >= 4 is 17.2 Å². The molecular weight excluding hydrogens is 208 g/mol. The molecule has 1 aromatic heterocycles. The highest BCUT2D eigenvalue weighted by atomic mass is 32.1. The van der Waals surface area contributed by atoms with Crippen LogP contribution < -0.4 is 5.32 Å². The predicted molar refractivity (Wildman–Crippen MR) is 61.8 cm³/mol. The van der Waals surface area contributed by atoms with E-state index in [0.717, 1.165) is 32.5 Å². The van der Waals surface area contributed by atoms with Crippen molar-refractivity contribution < 1.29 is 4.79 Å². The van der Waals surface area contributed by atoms with E-state index in [2.05, 4.69) is 16.8 Å². The molecule has 2 rings (SSSR count). The summed E-state index contributed by atoms with van der Waals surface area (Å²) in [5, 5.41) is 5.24. The standard InChI is InChI=1S/C11H16N2OS/c14-11(13-5-1-2-6-13)9-12-8-10-4-3-7-15-10/h3-4,7,12H,1-2,5-6,8-9H2. The van der Waals surface area contributed by atoms with Gasteiger partial charge in [-0.1, -0.05) is 6.07 Å². The number of thiophene rings is 1. The molecule has 0 atom stereocenters. The minimum atomic E-state index is 0.240. The molecule has 3 nitrogen and oxygen atoms in total.